The van der Waals surface area contributed by atoms with Gasteiger partial charge in [-0.05, 0) is 87.1 Å². The number of phosphoric ester groups is 2. The van der Waals surface area contributed by atoms with Crippen LogP contribution in [-0.2, 0) is 66.6 Å². The van der Waals surface area contributed by atoms with Gasteiger partial charge >= 0.3 is 23.5 Å². The molecular formula is C53H67N9O17P3+. The predicted octanol–water partition coefficient (Wildman–Crippen LogP) is 3.35. The second-order valence-electron chi connectivity index (χ2n) is 21.5. The number of benzene rings is 3. The number of nitrogens with one attached hydrogen (secondary N) is 2. The summed E-state index contributed by atoms with van der Waals surface area (Å²) in [6.07, 6.45) is 5.11. The van der Waals surface area contributed by atoms with E-state index in [4.69, 9.17) is 19.7 Å². The van der Waals surface area contributed by atoms with Gasteiger partial charge in [0.15, 0.2) is 17.4 Å². The van der Waals surface area contributed by atoms with Crippen molar-refractivity contribution in [2.45, 2.75) is 114 Å². The summed E-state index contributed by atoms with van der Waals surface area (Å²) in [4.78, 5) is 84.2. The van der Waals surface area contributed by atoms with Crippen LogP contribution in [0.4, 0.5) is 11.6 Å². The Hall–Kier alpha value is -5.69. The molecule has 0 saturated carbocycles. The molecule has 1 saturated heterocycles. The Morgan fingerprint density at radius 3 is 2.39 bits per heavy atom. The Labute approximate surface area is 470 Å². The summed E-state index contributed by atoms with van der Waals surface area (Å²) in [6.45, 7) is 3.43. The number of hydrogen-bond acceptors (Lipinski definition) is 18. The first kappa shape index (κ1) is 58.1. The van der Waals surface area contributed by atoms with E-state index in [1.165, 1.54) is 33.3 Å². The molecule has 2 aromatic heterocycles. The minimum absolute atomic E-state index is 0.120. The molecule has 5 aromatic rings. The Bertz CT molecular complexity index is 3680. The van der Waals surface area contributed by atoms with Crippen molar-refractivity contribution in [2.24, 2.45) is 0 Å². The molecule has 8 heterocycles. The molecule has 1 fully saturated rings. The Morgan fingerprint density at radius 1 is 0.866 bits per heavy atom. The maximum Gasteiger partial charge on any atom is 0.490 e. The standard InChI is InChI=1S/C53H66N9O17P3/c1-59(51(67)34-16-5-4-15-33(34)41-37-27-31-13-8-22-60-24-10-17-35(43(31)60)47(37)77-48-36-18-11-25-61-23-9-14-32(44(36)61)28-38(41)48)21-12-19-40(63)55-20-6-2-3-7-26-74-80(68,69)78-82(72,73)79-81(70,71)75-29-39-45(64)46(65)52(76-39)62-30-56-42-49(62)57-53(54)58-50(42)66/h4-5,15-16,27-28,30,39,45-46,52,64-65H,2-3,6-14,17-26,29H2,1H3,(H6-,54,55,57,58,63,66,68,69,70,71,72,73)/p+1/t39-,45-,46-,52-/m1/s1. The minimum Gasteiger partial charge on any atom is -0.455 e. The highest BCUT2D eigenvalue weighted by molar-refractivity contribution is 7.66. The fraction of sp³-hybridized carbons (Fsp3) is 0.509. The zero-order valence-corrected chi connectivity index (χ0v) is 47.8. The Morgan fingerprint density at radius 2 is 1.59 bits per heavy atom. The maximum atomic E-state index is 14.6. The summed E-state index contributed by atoms with van der Waals surface area (Å²) < 4.78 is 71.7. The number of amides is 2. The second kappa shape index (κ2) is 23.8. The van der Waals surface area contributed by atoms with Crippen molar-refractivity contribution >= 4 is 63.7 Å². The molecule has 7 atom stereocenters. The third-order valence-corrected chi connectivity index (χ3v) is 20.2. The van der Waals surface area contributed by atoms with E-state index in [9.17, 15) is 53.0 Å². The monoisotopic (exact) mass is 1190 g/mol. The lowest BCUT2D eigenvalue weighted by atomic mass is 9.81. The third-order valence-electron chi connectivity index (χ3n) is 15.9. The number of anilines is 2. The van der Waals surface area contributed by atoms with Crippen LogP contribution in [0.3, 0.4) is 0 Å². The second-order valence-corrected chi connectivity index (χ2v) is 26.1. The van der Waals surface area contributed by atoms with E-state index in [0.717, 1.165) is 122 Å². The highest BCUT2D eigenvalue weighted by Gasteiger charge is 2.48. The number of aryl methyl sites for hydroxylation is 2. The topological polar surface area (TPSA) is 353 Å². The number of aliphatic hydroxyl groups is 2. The van der Waals surface area contributed by atoms with Gasteiger partial charge in [-0.3, -0.25) is 33.0 Å². The molecule has 6 aliphatic heterocycles. The number of hydrogen-bond donors (Lipinski definition) is 8. The number of imidazole rings is 1. The smallest absolute Gasteiger partial charge is 0.455 e. The lowest BCUT2D eigenvalue weighted by Gasteiger charge is -2.39. The van der Waals surface area contributed by atoms with Crippen molar-refractivity contribution in [3.05, 3.63) is 103 Å². The molecule has 2 amide bonds. The van der Waals surface area contributed by atoms with Crippen LogP contribution in [0.5, 0.6) is 11.5 Å². The van der Waals surface area contributed by atoms with Gasteiger partial charge in [-0.15, -0.1) is 0 Å². The van der Waals surface area contributed by atoms with Gasteiger partial charge in [0.2, 0.25) is 17.2 Å². The summed E-state index contributed by atoms with van der Waals surface area (Å²) in [6, 6.07) is 12.6. The van der Waals surface area contributed by atoms with Crippen LogP contribution in [0.25, 0.3) is 16.7 Å². The van der Waals surface area contributed by atoms with Crippen molar-refractivity contribution < 1.29 is 75.3 Å². The van der Waals surface area contributed by atoms with Gasteiger partial charge in [-0.1, -0.05) is 31.0 Å². The number of nitrogen functional groups attached to an aromatic ring is 1. The van der Waals surface area contributed by atoms with Crippen LogP contribution in [-0.4, -0.2) is 139 Å². The molecule has 0 spiro atoms. The number of nitrogens with two attached hydrogens (primary N) is 1. The van der Waals surface area contributed by atoms with Gasteiger partial charge in [-0.25, -0.2) is 23.3 Å². The number of unbranched alkanes of at least 4 members (excludes halogenated alkanes) is 3. The first-order valence-corrected chi connectivity index (χ1v) is 32.2. The normalized spacial score (nSPS) is 22.0. The molecule has 26 nitrogen and oxygen atoms in total. The third kappa shape index (κ3) is 12.0. The molecule has 6 aliphatic rings. The molecule has 82 heavy (non-hydrogen) atoms. The first-order valence-electron chi connectivity index (χ1n) is 27.7. The highest BCUT2D eigenvalue weighted by atomic mass is 31.3. The van der Waals surface area contributed by atoms with Gasteiger partial charge in [0.1, 0.15) is 42.9 Å². The van der Waals surface area contributed by atoms with E-state index in [0.29, 0.717) is 44.3 Å². The molecule has 0 bridgehead atoms. The van der Waals surface area contributed by atoms with Crippen LogP contribution in [0.1, 0.15) is 114 Å². The lowest BCUT2D eigenvalue weighted by molar-refractivity contribution is -0.121. The number of carbonyl (C=O) groups excluding carboxylic acids is 2. The molecule has 3 aromatic carbocycles. The van der Waals surface area contributed by atoms with Crippen LogP contribution < -0.4 is 41.4 Å². The largest absolute Gasteiger partial charge is 0.490 e. The van der Waals surface area contributed by atoms with Crippen LogP contribution in [0, 0.1) is 0 Å². The summed E-state index contributed by atoms with van der Waals surface area (Å²) in [5.41, 5.74) is 14.7. The zero-order valence-electron chi connectivity index (χ0n) is 45.1. The highest BCUT2D eigenvalue weighted by Crippen LogP contribution is 2.68. The number of fused-ring (bicyclic) bond motifs is 5. The summed E-state index contributed by atoms with van der Waals surface area (Å²) in [7, 11) is -15.0. The Balaban J connectivity index is 0.629. The maximum absolute atomic E-state index is 14.6. The molecule has 0 radical (unpaired) electrons. The fourth-order valence-electron chi connectivity index (χ4n) is 12.3. The quantitative estimate of drug-likeness (QED) is 0.0274. The molecule has 11 rings (SSSR count). The first-order chi connectivity index (χ1) is 39.3. The zero-order chi connectivity index (χ0) is 57.7. The number of H-pyrrole nitrogens is 1. The van der Waals surface area contributed by atoms with E-state index in [2.05, 4.69) is 61.1 Å². The minimum atomic E-state index is -5.82. The number of aliphatic hydroxyl groups excluding tert-OH is 2. The summed E-state index contributed by atoms with van der Waals surface area (Å²) in [5, 5.41) is 26.4. The molecule has 9 N–H and O–H groups in total. The van der Waals surface area contributed by atoms with Crippen LogP contribution in [0.2, 0.25) is 0 Å². The molecule has 0 aliphatic carbocycles. The average molecular weight is 1200 g/mol. The van der Waals surface area contributed by atoms with Gasteiger partial charge in [0, 0.05) is 91.2 Å². The van der Waals surface area contributed by atoms with Crippen LogP contribution >= 0.6 is 23.5 Å². The van der Waals surface area contributed by atoms with Crippen molar-refractivity contribution in [1.82, 2.24) is 34.3 Å². The number of ether oxygens (including phenoxy) is 2. The van der Waals surface area contributed by atoms with E-state index in [-0.39, 0.29) is 41.8 Å². The van der Waals surface area contributed by atoms with Gasteiger partial charge in [0.05, 0.1) is 25.1 Å². The summed E-state index contributed by atoms with van der Waals surface area (Å²) >= 11 is 0. The number of carbonyl (C=O) groups is 2. The van der Waals surface area contributed by atoms with Gasteiger partial charge in [-0.2, -0.15) is 13.6 Å². The number of rotatable bonds is 22. The Kier molecular flexibility index (Phi) is 16.8. The van der Waals surface area contributed by atoms with Crippen molar-refractivity contribution in [2.75, 3.05) is 70.2 Å². The van der Waals surface area contributed by atoms with Crippen molar-refractivity contribution in [1.29, 1.82) is 0 Å². The SMILES string of the molecule is CN(CCCC(=O)NCCCCCCOP(=O)(O)OP(=O)(O)OP(=O)(O)OC[C@H]1O[C@@H](n2cnc3c(=O)[nH]c(N)nc32)[C@H](O)[C@@H]1O)C(=O)c1ccccc1C1=c2cc3c4c(c2Oc2c1cc1c5c2CCCN5CCC1)CCC[N+]=4CCC3. The van der Waals surface area contributed by atoms with E-state index in [1.807, 2.05) is 18.2 Å². The van der Waals surface area contributed by atoms with Crippen LogP contribution in [0.15, 0.2) is 47.5 Å². The number of aromatic nitrogens is 4. The molecule has 29 heteroatoms. The van der Waals surface area contributed by atoms with E-state index < -0.39 is 66.8 Å². The average Bonchev–Trinajstić information content (AvgIpc) is 1.57. The summed E-state index contributed by atoms with van der Waals surface area (Å²) in [5.74, 6) is 1.25. The number of nitrogens with zero attached hydrogens (tertiary/aromatic N) is 6. The number of phosphoric acid groups is 3. The van der Waals surface area contributed by atoms with E-state index in [1.54, 1.807) is 11.9 Å². The van der Waals surface area contributed by atoms with Gasteiger partial charge < -0.3 is 55.2 Å². The molecule has 440 valence electrons. The van der Waals surface area contributed by atoms with Crippen molar-refractivity contribution in [3.63, 3.8) is 0 Å². The van der Waals surface area contributed by atoms with Gasteiger partial charge in [0.25, 0.3) is 11.5 Å². The fourth-order valence-corrected chi connectivity index (χ4v) is 15.8. The predicted molar refractivity (Wildman–Crippen MR) is 296 cm³/mol. The van der Waals surface area contributed by atoms with E-state index >= 15 is 0 Å². The molecular weight excluding hydrogens is 1130 g/mol. The molecule has 3 unspecified atom stereocenters. The lowest BCUT2D eigenvalue weighted by Crippen LogP contribution is -2.45. The van der Waals surface area contributed by atoms with Crippen molar-refractivity contribution in [3.8, 4) is 11.5 Å². The number of aromatic amines is 1.